The van der Waals surface area contributed by atoms with Gasteiger partial charge in [0.2, 0.25) is 0 Å². The maximum Gasteiger partial charge on any atom is 0.331 e. The number of hydrazone groups is 2. The minimum absolute atomic E-state index is 0.0675. The first-order valence-corrected chi connectivity index (χ1v) is 7.64. The number of phenolic OH excluding ortho intramolecular Hbond substituents is 2. The Kier molecular flexibility index (Phi) is 6.05. The third-order valence-electron chi connectivity index (χ3n) is 3.38. The number of nitrogens with one attached hydrogen (secondary N) is 2. The summed E-state index contributed by atoms with van der Waals surface area (Å²) in [6, 6.07) is 12.7. The molecule has 0 bridgehead atoms. The van der Waals surface area contributed by atoms with Gasteiger partial charge in [0.25, 0.3) is 0 Å². The fraction of sp³-hybridized carbons (Fsp3) is 0.111. The lowest BCUT2D eigenvalue weighted by Crippen LogP contribution is -2.36. The largest absolute Gasteiger partial charge is 0.508 e. The molecule has 134 valence electrons. The summed E-state index contributed by atoms with van der Waals surface area (Å²) >= 11 is 0. The lowest BCUT2D eigenvalue weighted by Gasteiger charge is -2.04. The molecule has 2 aromatic carbocycles. The Balaban J connectivity index is 1.96. The lowest BCUT2D eigenvalue weighted by atomic mass is 10.1. The molecule has 8 nitrogen and oxygen atoms in total. The molecule has 0 spiro atoms. The van der Waals surface area contributed by atoms with Crippen molar-refractivity contribution < 1.29 is 19.8 Å². The van der Waals surface area contributed by atoms with Crippen molar-refractivity contribution in [2.75, 3.05) is 0 Å². The third kappa shape index (κ3) is 5.17. The molecular formula is C18H18N4O4. The Morgan fingerprint density at radius 3 is 1.50 bits per heavy atom. The van der Waals surface area contributed by atoms with Crippen LogP contribution in [0, 0.1) is 0 Å². The summed E-state index contributed by atoms with van der Waals surface area (Å²) in [4.78, 5) is 23.5. The van der Waals surface area contributed by atoms with E-state index in [1.165, 1.54) is 24.3 Å². The Morgan fingerprint density at radius 2 is 1.15 bits per heavy atom. The van der Waals surface area contributed by atoms with Gasteiger partial charge in [-0.3, -0.25) is 9.59 Å². The van der Waals surface area contributed by atoms with Crippen LogP contribution in [0.4, 0.5) is 0 Å². The SMILES string of the molecule is C/C(=N\NC(=O)C(=O)N/N=C(\C)c1cccc(O)c1)c1cccc(O)c1. The molecule has 0 aliphatic rings. The van der Waals surface area contributed by atoms with E-state index < -0.39 is 11.8 Å². The Bertz CT molecular complexity index is 817. The zero-order chi connectivity index (χ0) is 19.1. The number of aromatic hydroxyl groups is 2. The number of nitrogens with zero attached hydrogens (tertiary/aromatic N) is 2. The van der Waals surface area contributed by atoms with Crippen LogP contribution >= 0.6 is 0 Å². The molecule has 0 aromatic heterocycles. The molecule has 0 fully saturated rings. The van der Waals surface area contributed by atoms with Crippen LogP contribution in [0.15, 0.2) is 58.7 Å². The summed E-state index contributed by atoms with van der Waals surface area (Å²) < 4.78 is 0. The second kappa shape index (κ2) is 8.43. The van der Waals surface area contributed by atoms with Crippen LogP contribution in [0.3, 0.4) is 0 Å². The molecule has 0 unspecified atom stereocenters. The summed E-state index contributed by atoms with van der Waals surface area (Å²) in [5.74, 6) is -1.84. The van der Waals surface area contributed by atoms with Crippen LogP contribution < -0.4 is 10.9 Å². The molecule has 8 heteroatoms. The van der Waals surface area contributed by atoms with Crippen LogP contribution in [-0.4, -0.2) is 33.5 Å². The molecule has 0 heterocycles. The van der Waals surface area contributed by atoms with Crippen molar-refractivity contribution >= 4 is 23.2 Å². The van der Waals surface area contributed by atoms with E-state index in [0.717, 1.165) is 0 Å². The maximum absolute atomic E-state index is 11.8. The van der Waals surface area contributed by atoms with Gasteiger partial charge in [-0.1, -0.05) is 24.3 Å². The van der Waals surface area contributed by atoms with Crippen molar-refractivity contribution in [2.45, 2.75) is 13.8 Å². The van der Waals surface area contributed by atoms with Gasteiger partial charge in [-0.2, -0.15) is 10.2 Å². The zero-order valence-electron chi connectivity index (χ0n) is 14.2. The average Bonchev–Trinajstić information content (AvgIpc) is 2.63. The number of phenols is 2. The summed E-state index contributed by atoms with van der Waals surface area (Å²) in [7, 11) is 0. The van der Waals surface area contributed by atoms with Crippen LogP contribution in [0.1, 0.15) is 25.0 Å². The molecule has 0 aliphatic carbocycles. The van der Waals surface area contributed by atoms with Crippen molar-refractivity contribution in [3.8, 4) is 11.5 Å². The van der Waals surface area contributed by atoms with Gasteiger partial charge in [-0.25, -0.2) is 10.9 Å². The number of carbonyl (C=O) groups excluding carboxylic acids is 2. The summed E-state index contributed by atoms with van der Waals surface area (Å²) in [5.41, 5.74) is 6.27. The molecule has 0 atom stereocenters. The highest BCUT2D eigenvalue weighted by molar-refractivity contribution is 6.35. The van der Waals surface area contributed by atoms with Gasteiger partial charge >= 0.3 is 11.8 Å². The second-order valence-electron chi connectivity index (χ2n) is 5.38. The predicted molar refractivity (Wildman–Crippen MR) is 96.9 cm³/mol. The lowest BCUT2D eigenvalue weighted by molar-refractivity contribution is -0.139. The third-order valence-corrected chi connectivity index (χ3v) is 3.38. The number of carbonyl (C=O) groups is 2. The predicted octanol–water partition coefficient (Wildman–Crippen LogP) is 1.48. The molecule has 26 heavy (non-hydrogen) atoms. The molecule has 2 rings (SSSR count). The number of benzene rings is 2. The van der Waals surface area contributed by atoms with Crippen molar-refractivity contribution in [1.29, 1.82) is 0 Å². The van der Waals surface area contributed by atoms with E-state index in [1.54, 1.807) is 38.1 Å². The fourth-order valence-corrected chi connectivity index (χ4v) is 1.96. The van der Waals surface area contributed by atoms with Crippen molar-refractivity contribution in [3.05, 3.63) is 59.7 Å². The molecule has 0 aliphatic heterocycles. The Morgan fingerprint density at radius 1 is 0.769 bits per heavy atom. The normalized spacial score (nSPS) is 11.8. The first-order valence-electron chi connectivity index (χ1n) is 7.64. The van der Waals surface area contributed by atoms with Crippen LogP contribution in [-0.2, 0) is 9.59 Å². The van der Waals surface area contributed by atoms with E-state index in [0.29, 0.717) is 22.6 Å². The first kappa shape index (κ1) is 18.7. The van der Waals surface area contributed by atoms with Crippen molar-refractivity contribution in [2.24, 2.45) is 10.2 Å². The first-order chi connectivity index (χ1) is 12.4. The number of amides is 2. The zero-order valence-corrected chi connectivity index (χ0v) is 14.2. The monoisotopic (exact) mass is 354 g/mol. The molecule has 4 N–H and O–H groups in total. The molecular weight excluding hydrogens is 336 g/mol. The number of rotatable bonds is 4. The molecule has 0 saturated carbocycles. The van der Waals surface area contributed by atoms with E-state index in [9.17, 15) is 19.8 Å². The van der Waals surface area contributed by atoms with E-state index in [2.05, 4.69) is 21.1 Å². The van der Waals surface area contributed by atoms with Crippen molar-refractivity contribution in [3.63, 3.8) is 0 Å². The fourth-order valence-electron chi connectivity index (χ4n) is 1.96. The quantitative estimate of drug-likeness (QED) is 0.377. The highest BCUT2D eigenvalue weighted by Crippen LogP contribution is 2.12. The second-order valence-corrected chi connectivity index (χ2v) is 5.38. The van der Waals surface area contributed by atoms with Crippen molar-refractivity contribution in [1.82, 2.24) is 10.9 Å². The van der Waals surface area contributed by atoms with Gasteiger partial charge < -0.3 is 10.2 Å². The molecule has 2 aromatic rings. The Labute approximate surface area is 149 Å². The maximum atomic E-state index is 11.8. The highest BCUT2D eigenvalue weighted by atomic mass is 16.3. The van der Waals surface area contributed by atoms with Crippen LogP contribution in [0.25, 0.3) is 0 Å². The summed E-state index contributed by atoms with van der Waals surface area (Å²) in [5, 5.41) is 26.5. The topological polar surface area (TPSA) is 123 Å². The minimum atomic E-state index is -0.989. The summed E-state index contributed by atoms with van der Waals surface area (Å²) in [6.07, 6.45) is 0. The van der Waals surface area contributed by atoms with E-state index >= 15 is 0 Å². The smallest absolute Gasteiger partial charge is 0.331 e. The minimum Gasteiger partial charge on any atom is -0.508 e. The van der Waals surface area contributed by atoms with Crippen LogP contribution in [0.2, 0.25) is 0 Å². The standard InChI is InChI=1S/C18H18N4O4/c1-11(13-5-3-7-15(23)9-13)19-21-17(25)18(26)22-20-12(2)14-6-4-8-16(24)10-14/h3-10,23-24H,1-2H3,(H,21,25)(H,22,26)/b19-11+,20-12+. The van der Waals surface area contributed by atoms with E-state index in [4.69, 9.17) is 0 Å². The Hall–Kier alpha value is -3.68. The number of hydrogen-bond donors (Lipinski definition) is 4. The van der Waals surface area contributed by atoms with Crippen LogP contribution in [0.5, 0.6) is 11.5 Å². The van der Waals surface area contributed by atoms with Gasteiger partial charge in [0.15, 0.2) is 0 Å². The average molecular weight is 354 g/mol. The van der Waals surface area contributed by atoms with E-state index in [1.807, 2.05) is 0 Å². The van der Waals surface area contributed by atoms with Gasteiger partial charge in [0, 0.05) is 11.1 Å². The van der Waals surface area contributed by atoms with E-state index in [-0.39, 0.29) is 11.5 Å². The van der Waals surface area contributed by atoms with Gasteiger partial charge in [-0.05, 0) is 38.1 Å². The summed E-state index contributed by atoms with van der Waals surface area (Å²) in [6.45, 7) is 3.24. The molecule has 0 saturated heterocycles. The number of hydrogen-bond acceptors (Lipinski definition) is 6. The van der Waals surface area contributed by atoms with Gasteiger partial charge in [0.05, 0.1) is 11.4 Å². The molecule has 2 amide bonds. The highest BCUT2D eigenvalue weighted by Gasteiger charge is 2.12. The van der Waals surface area contributed by atoms with Gasteiger partial charge in [0.1, 0.15) is 11.5 Å². The molecule has 0 radical (unpaired) electrons. The van der Waals surface area contributed by atoms with Gasteiger partial charge in [-0.15, -0.1) is 0 Å².